The van der Waals surface area contributed by atoms with E-state index < -0.39 is 23.5 Å². The molecule has 32 heavy (non-hydrogen) atoms. The van der Waals surface area contributed by atoms with Crippen LogP contribution in [-0.4, -0.2) is 4.98 Å². The maximum absolute atomic E-state index is 12.9. The monoisotopic (exact) mass is 443 g/mol. The van der Waals surface area contributed by atoms with Crippen LogP contribution in [0.4, 0.5) is 26.3 Å². The number of alkyl halides is 6. The van der Waals surface area contributed by atoms with Crippen molar-refractivity contribution >= 4 is 0 Å². The molecule has 7 heteroatoms. The fourth-order valence-electron chi connectivity index (χ4n) is 3.28. The van der Waals surface area contributed by atoms with Gasteiger partial charge in [0.2, 0.25) is 0 Å². The van der Waals surface area contributed by atoms with Crippen LogP contribution in [0.3, 0.4) is 0 Å². The van der Waals surface area contributed by atoms with Crippen LogP contribution in [0.15, 0.2) is 91.0 Å². The van der Waals surface area contributed by atoms with Crippen molar-refractivity contribution in [2.45, 2.75) is 12.4 Å². The third-order valence-electron chi connectivity index (χ3n) is 4.95. The van der Waals surface area contributed by atoms with E-state index in [0.29, 0.717) is 22.5 Å². The number of hydrogen-bond donors (Lipinski definition) is 0. The minimum absolute atomic E-state index is 0.412. The van der Waals surface area contributed by atoms with E-state index in [1.165, 1.54) is 24.3 Å². The summed E-state index contributed by atoms with van der Waals surface area (Å²) in [4.78, 5) is 4.52. The van der Waals surface area contributed by atoms with Gasteiger partial charge < -0.3 is 0 Å². The van der Waals surface area contributed by atoms with Crippen molar-refractivity contribution in [2.24, 2.45) is 0 Å². The quantitative estimate of drug-likeness (QED) is 0.291. The molecule has 0 aliphatic heterocycles. The van der Waals surface area contributed by atoms with Gasteiger partial charge in [0, 0.05) is 11.1 Å². The number of rotatable bonds is 3. The Morgan fingerprint density at radius 3 is 1.22 bits per heavy atom. The molecule has 0 bridgehead atoms. The highest BCUT2D eigenvalue weighted by molar-refractivity contribution is 5.76. The summed E-state index contributed by atoms with van der Waals surface area (Å²) >= 11 is 0. The minimum Gasteiger partial charge on any atom is -0.248 e. The summed E-state index contributed by atoms with van der Waals surface area (Å²) in [5, 5.41) is 0. The van der Waals surface area contributed by atoms with Gasteiger partial charge >= 0.3 is 12.4 Å². The van der Waals surface area contributed by atoms with E-state index in [0.717, 1.165) is 35.4 Å². The summed E-state index contributed by atoms with van der Waals surface area (Å²) in [5.74, 6) is 0. The molecule has 162 valence electrons. The van der Waals surface area contributed by atoms with Gasteiger partial charge in [-0.15, -0.1) is 0 Å². The molecule has 1 nitrogen and oxygen atoms in total. The molecule has 0 fully saturated rings. The lowest BCUT2D eigenvalue weighted by molar-refractivity contribution is -0.138. The predicted octanol–water partition coefficient (Wildman–Crippen LogP) is 8.12. The van der Waals surface area contributed by atoms with Crippen molar-refractivity contribution < 1.29 is 26.3 Å². The number of halogens is 6. The molecule has 0 atom stereocenters. The molecule has 1 aromatic heterocycles. The number of nitrogens with zero attached hydrogens (tertiary/aromatic N) is 1. The van der Waals surface area contributed by atoms with Crippen molar-refractivity contribution in [1.29, 1.82) is 0 Å². The maximum atomic E-state index is 12.9. The van der Waals surface area contributed by atoms with Crippen LogP contribution in [0.1, 0.15) is 11.1 Å². The molecule has 0 aliphatic rings. The van der Waals surface area contributed by atoms with E-state index in [1.807, 2.05) is 30.3 Å². The zero-order chi connectivity index (χ0) is 22.9. The van der Waals surface area contributed by atoms with Gasteiger partial charge in [-0.3, -0.25) is 0 Å². The maximum Gasteiger partial charge on any atom is 0.416 e. The van der Waals surface area contributed by atoms with Gasteiger partial charge in [0.15, 0.2) is 0 Å². The Morgan fingerprint density at radius 1 is 0.438 bits per heavy atom. The van der Waals surface area contributed by atoms with Gasteiger partial charge in [0.25, 0.3) is 0 Å². The standard InChI is InChI=1S/C25H15F6N/c26-24(27,28)20-10-6-17(7-11-20)22-14-19(16-4-2-1-3-5-16)15-23(32-22)18-8-12-21(13-9-18)25(29,30)31/h1-15H. The fourth-order valence-corrected chi connectivity index (χ4v) is 3.28. The molecule has 3 aromatic carbocycles. The fraction of sp³-hybridized carbons (Fsp3) is 0.0800. The number of benzene rings is 3. The Kier molecular flexibility index (Phi) is 5.50. The van der Waals surface area contributed by atoms with E-state index in [1.54, 1.807) is 12.1 Å². The number of aromatic nitrogens is 1. The first-order valence-electron chi connectivity index (χ1n) is 9.54. The topological polar surface area (TPSA) is 12.9 Å². The third kappa shape index (κ3) is 4.66. The van der Waals surface area contributed by atoms with Crippen LogP contribution in [-0.2, 0) is 12.4 Å². The molecule has 0 N–H and O–H groups in total. The molecule has 0 aliphatic carbocycles. The van der Waals surface area contributed by atoms with Crippen LogP contribution >= 0.6 is 0 Å². The molecule has 0 radical (unpaired) electrons. The molecular weight excluding hydrogens is 428 g/mol. The summed E-state index contributed by atoms with van der Waals surface area (Å²) in [5.41, 5.74) is 1.78. The first kappa shape index (κ1) is 21.6. The highest BCUT2D eigenvalue weighted by atomic mass is 19.4. The van der Waals surface area contributed by atoms with E-state index in [2.05, 4.69) is 4.98 Å². The summed E-state index contributed by atoms with van der Waals surface area (Å²) < 4.78 is 77.5. The van der Waals surface area contributed by atoms with Crippen molar-refractivity contribution in [2.75, 3.05) is 0 Å². The molecule has 1 heterocycles. The van der Waals surface area contributed by atoms with Gasteiger partial charge in [-0.2, -0.15) is 26.3 Å². The van der Waals surface area contributed by atoms with Crippen LogP contribution in [0, 0.1) is 0 Å². The van der Waals surface area contributed by atoms with Gasteiger partial charge in [-0.1, -0.05) is 54.6 Å². The minimum atomic E-state index is -4.46. The van der Waals surface area contributed by atoms with Crippen molar-refractivity contribution in [1.82, 2.24) is 4.98 Å². The Labute approximate surface area is 180 Å². The van der Waals surface area contributed by atoms with E-state index in [9.17, 15) is 26.3 Å². The second-order valence-electron chi connectivity index (χ2n) is 7.14. The molecule has 0 amide bonds. The first-order valence-corrected chi connectivity index (χ1v) is 9.54. The lowest BCUT2D eigenvalue weighted by atomic mass is 9.99. The number of pyridine rings is 1. The van der Waals surface area contributed by atoms with Gasteiger partial charge in [-0.25, -0.2) is 4.98 Å². The van der Waals surface area contributed by atoms with Crippen LogP contribution < -0.4 is 0 Å². The molecular formula is C25H15F6N. The molecule has 4 rings (SSSR count). The highest BCUT2D eigenvalue weighted by Crippen LogP contribution is 2.34. The molecule has 0 spiro atoms. The lowest BCUT2D eigenvalue weighted by Crippen LogP contribution is -2.04. The van der Waals surface area contributed by atoms with E-state index in [-0.39, 0.29) is 0 Å². The summed E-state index contributed by atoms with van der Waals surface area (Å²) in [6, 6.07) is 22.0. The third-order valence-corrected chi connectivity index (χ3v) is 4.95. The molecule has 4 aromatic rings. The summed E-state index contributed by atoms with van der Waals surface area (Å²) in [6.45, 7) is 0. The second kappa shape index (κ2) is 8.15. The zero-order valence-electron chi connectivity index (χ0n) is 16.4. The SMILES string of the molecule is FC(F)(F)c1ccc(-c2cc(-c3ccccc3)cc(-c3ccc(C(F)(F)F)cc3)n2)cc1. The lowest BCUT2D eigenvalue weighted by Gasteiger charge is -2.12. The second-order valence-corrected chi connectivity index (χ2v) is 7.14. The van der Waals surface area contributed by atoms with Crippen molar-refractivity contribution in [3.63, 3.8) is 0 Å². The van der Waals surface area contributed by atoms with Gasteiger partial charge in [-0.05, 0) is 47.5 Å². The Bertz CT molecular complexity index is 1130. The summed E-state index contributed by atoms with van der Waals surface area (Å²) in [6.07, 6.45) is -8.91. The largest absolute Gasteiger partial charge is 0.416 e. The summed E-state index contributed by atoms with van der Waals surface area (Å²) in [7, 11) is 0. The molecule has 0 unspecified atom stereocenters. The number of hydrogen-bond acceptors (Lipinski definition) is 1. The highest BCUT2D eigenvalue weighted by Gasteiger charge is 2.31. The van der Waals surface area contributed by atoms with E-state index >= 15 is 0 Å². The Morgan fingerprint density at radius 2 is 0.844 bits per heavy atom. The van der Waals surface area contributed by atoms with E-state index in [4.69, 9.17) is 0 Å². The van der Waals surface area contributed by atoms with Gasteiger partial charge in [0.05, 0.1) is 22.5 Å². The van der Waals surface area contributed by atoms with Crippen LogP contribution in [0.5, 0.6) is 0 Å². The van der Waals surface area contributed by atoms with Crippen LogP contribution in [0.25, 0.3) is 33.6 Å². The molecule has 0 saturated carbocycles. The van der Waals surface area contributed by atoms with Crippen LogP contribution in [0.2, 0.25) is 0 Å². The van der Waals surface area contributed by atoms with Crippen molar-refractivity contribution in [3.05, 3.63) is 102 Å². The predicted molar refractivity (Wildman–Crippen MR) is 111 cm³/mol. The average molecular weight is 443 g/mol. The smallest absolute Gasteiger partial charge is 0.248 e. The first-order chi connectivity index (χ1) is 15.1. The van der Waals surface area contributed by atoms with Gasteiger partial charge in [0.1, 0.15) is 0 Å². The Balaban J connectivity index is 1.82. The Hall–Kier alpha value is -3.61. The molecule has 0 saturated heterocycles. The zero-order valence-corrected chi connectivity index (χ0v) is 16.4. The average Bonchev–Trinajstić information content (AvgIpc) is 2.78. The van der Waals surface area contributed by atoms with Crippen molar-refractivity contribution in [3.8, 4) is 33.6 Å². The normalized spacial score (nSPS) is 12.1.